The molecule has 1 atom stereocenters. The van der Waals surface area contributed by atoms with E-state index in [0.29, 0.717) is 17.1 Å². The molecule has 0 unspecified atom stereocenters. The Balaban J connectivity index is 1.61. The fraction of sp³-hybridized carbons (Fsp3) is 0.450. The summed E-state index contributed by atoms with van der Waals surface area (Å²) in [7, 11) is 0. The van der Waals surface area contributed by atoms with Gasteiger partial charge in [0, 0.05) is 22.2 Å². The molecular formula is C20H23Cl2N3O3. The molecule has 0 saturated carbocycles. The molecule has 0 spiro atoms. The molecule has 2 aliphatic rings. The quantitative estimate of drug-likeness (QED) is 0.539. The topological polar surface area (TPSA) is 78.5 Å². The van der Waals surface area contributed by atoms with Gasteiger partial charge in [-0.3, -0.25) is 14.5 Å². The molecule has 1 aliphatic carbocycles. The van der Waals surface area contributed by atoms with Crippen molar-refractivity contribution in [2.75, 3.05) is 13.1 Å². The largest absolute Gasteiger partial charge is 0.354 e. The number of carbonyl (C=O) groups excluding carboxylic acids is 3. The highest BCUT2D eigenvalue weighted by atomic mass is 35.5. The number of hydrogen-bond acceptors (Lipinski definition) is 3. The summed E-state index contributed by atoms with van der Waals surface area (Å²) in [6.45, 7) is 1.73. The SMILES string of the molecule is C[C@]1(c2ccc(Cl)cc2Cl)NC(=O)N(CC(=O)NCCC2=CCCCC2)C1=O. The van der Waals surface area contributed by atoms with Crippen molar-refractivity contribution in [3.8, 4) is 0 Å². The number of allylic oxidation sites excluding steroid dienone is 1. The minimum atomic E-state index is -1.34. The van der Waals surface area contributed by atoms with Crippen LogP contribution in [0.5, 0.6) is 0 Å². The molecule has 1 heterocycles. The van der Waals surface area contributed by atoms with Crippen LogP contribution in [0.15, 0.2) is 29.8 Å². The molecule has 1 fully saturated rings. The van der Waals surface area contributed by atoms with Gasteiger partial charge >= 0.3 is 6.03 Å². The van der Waals surface area contributed by atoms with Crippen LogP contribution in [0.4, 0.5) is 4.79 Å². The fourth-order valence-corrected chi connectivity index (χ4v) is 4.21. The third-order valence-electron chi connectivity index (χ3n) is 5.20. The lowest BCUT2D eigenvalue weighted by molar-refractivity contribution is -0.134. The molecule has 1 aliphatic heterocycles. The lowest BCUT2D eigenvalue weighted by Gasteiger charge is -2.23. The molecule has 150 valence electrons. The van der Waals surface area contributed by atoms with Crippen molar-refractivity contribution in [3.63, 3.8) is 0 Å². The summed E-state index contributed by atoms with van der Waals surface area (Å²) in [5.41, 5.74) is 0.446. The van der Waals surface area contributed by atoms with Gasteiger partial charge in [0.1, 0.15) is 12.1 Å². The van der Waals surface area contributed by atoms with Crippen LogP contribution < -0.4 is 10.6 Å². The van der Waals surface area contributed by atoms with Gasteiger partial charge in [-0.15, -0.1) is 0 Å². The van der Waals surface area contributed by atoms with E-state index >= 15 is 0 Å². The van der Waals surface area contributed by atoms with Crippen LogP contribution in [-0.4, -0.2) is 35.8 Å². The molecule has 0 bridgehead atoms. The van der Waals surface area contributed by atoms with E-state index < -0.39 is 17.5 Å². The summed E-state index contributed by atoms with van der Waals surface area (Å²) in [4.78, 5) is 38.4. The number of imide groups is 1. The van der Waals surface area contributed by atoms with Crippen LogP contribution in [0.2, 0.25) is 10.0 Å². The van der Waals surface area contributed by atoms with Crippen LogP contribution in [0.25, 0.3) is 0 Å². The zero-order valence-corrected chi connectivity index (χ0v) is 17.2. The van der Waals surface area contributed by atoms with Crippen molar-refractivity contribution < 1.29 is 14.4 Å². The Hall–Kier alpha value is -2.05. The number of rotatable bonds is 6. The first-order chi connectivity index (χ1) is 13.3. The summed E-state index contributed by atoms with van der Waals surface area (Å²) in [5.74, 6) is -0.891. The van der Waals surface area contributed by atoms with Crippen molar-refractivity contribution in [2.45, 2.75) is 44.6 Å². The van der Waals surface area contributed by atoms with Gasteiger partial charge in [0.25, 0.3) is 5.91 Å². The first-order valence-corrected chi connectivity index (χ1v) is 10.1. The predicted molar refractivity (Wildman–Crippen MR) is 108 cm³/mol. The zero-order valence-electron chi connectivity index (χ0n) is 15.7. The van der Waals surface area contributed by atoms with Crippen molar-refractivity contribution in [3.05, 3.63) is 45.5 Å². The third kappa shape index (κ3) is 4.33. The van der Waals surface area contributed by atoms with Gasteiger partial charge in [-0.25, -0.2) is 4.79 Å². The molecule has 8 heteroatoms. The smallest absolute Gasteiger partial charge is 0.325 e. The number of benzene rings is 1. The Morgan fingerprint density at radius 1 is 1.29 bits per heavy atom. The van der Waals surface area contributed by atoms with Crippen LogP contribution in [0.1, 0.15) is 44.6 Å². The zero-order chi connectivity index (χ0) is 20.3. The molecule has 0 radical (unpaired) electrons. The van der Waals surface area contributed by atoms with Crippen LogP contribution in [0, 0.1) is 0 Å². The van der Waals surface area contributed by atoms with E-state index in [9.17, 15) is 14.4 Å². The lowest BCUT2D eigenvalue weighted by Crippen LogP contribution is -2.43. The summed E-state index contributed by atoms with van der Waals surface area (Å²) in [5, 5.41) is 6.13. The lowest BCUT2D eigenvalue weighted by atomic mass is 9.92. The highest BCUT2D eigenvalue weighted by molar-refractivity contribution is 6.35. The fourth-order valence-electron chi connectivity index (χ4n) is 3.61. The molecule has 1 saturated heterocycles. The van der Waals surface area contributed by atoms with Crippen LogP contribution in [0.3, 0.4) is 0 Å². The molecule has 4 amide bonds. The average Bonchev–Trinajstić information content (AvgIpc) is 2.86. The summed E-state index contributed by atoms with van der Waals surface area (Å²) in [6, 6.07) is 4.09. The number of halogens is 2. The Labute approximate surface area is 174 Å². The third-order valence-corrected chi connectivity index (χ3v) is 5.75. The molecule has 0 aromatic heterocycles. The first-order valence-electron chi connectivity index (χ1n) is 9.35. The van der Waals surface area contributed by atoms with E-state index in [2.05, 4.69) is 16.7 Å². The molecule has 1 aromatic carbocycles. The highest BCUT2D eigenvalue weighted by Gasteiger charge is 2.50. The molecule has 1 aromatic rings. The Morgan fingerprint density at radius 2 is 2.07 bits per heavy atom. The van der Waals surface area contributed by atoms with Crippen molar-refractivity contribution >= 4 is 41.0 Å². The number of urea groups is 1. The van der Waals surface area contributed by atoms with E-state index in [1.54, 1.807) is 19.1 Å². The minimum Gasteiger partial charge on any atom is -0.354 e. The van der Waals surface area contributed by atoms with Gasteiger partial charge in [0.15, 0.2) is 0 Å². The Bertz CT molecular complexity index is 840. The Kier molecular flexibility index (Phi) is 6.30. The van der Waals surface area contributed by atoms with Gasteiger partial charge in [-0.05, 0) is 51.2 Å². The highest BCUT2D eigenvalue weighted by Crippen LogP contribution is 2.34. The predicted octanol–water partition coefficient (Wildman–Crippen LogP) is 3.77. The van der Waals surface area contributed by atoms with Crippen molar-refractivity contribution in [2.24, 2.45) is 0 Å². The maximum absolute atomic E-state index is 12.9. The van der Waals surface area contributed by atoms with Gasteiger partial charge < -0.3 is 10.6 Å². The number of hydrogen-bond donors (Lipinski definition) is 2. The van der Waals surface area contributed by atoms with Gasteiger partial charge in [-0.1, -0.05) is 40.9 Å². The average molecular weight is 424 g/mol. The molecule has 28 heavy (non-hydrogen) atoms. The number of amides is 4. The molecule has 2 N–H and O–H groups in total. The van der Waals surface area contributed by atoms with E-state index in [0.717, 1.165) is 24.2 Å². The summed E-state index contributed by atoms with van der Waals surface area (Å²) >= 11 is 12.1. The molecule has 6 nitrogen and oxygen atoms in total. The number of nitrogens with zero attached hydrogens (tertiary/aromatic N) is 1. The number of carbonyl (C=O) groups is 3. The monoisotopic (exact) mass is 423 g/mol. The number of nitrogens with one attached hydrogen (secondary N) is 2. The van der Waals surface area contributed by atoms with E-state index in [4.69, 9.17) is 23.2 Å². The molecule has 3 rings (SSSR count). The minimum absolute atomic E-state index is 0.274. The normalized spacial score (nSPS) is 22.1. The van der Waals surface area contributed by atoms with Gasteiger partial charge in [0.2, 0.25) is 5.91 Å². The van der Waals surface area contributed by atoms with E-state index in [-0.39, 0.29) is 17.5 Å². The van der Waals surface area contributed by atoms with E-state index in [1.165, 1.54) is 24.5 Å². The second-order valence-electron chi connectivity index (χ2n) is 7.28. The Morgan fingerprint density at radius 3 is 2.75 bits per heavy atom. The van der Waals surface area contributed by atoms with Gasteiger partial charge in [0.05, 0.1) is 0 Å². The van der Waals surface area contributed by atoms with Crippen molar-refractivity contribution in [1.29, 1.82) is 0 Å². The molecular weight excluding hydrogens is 401 g/mol. The van der Waals surface area contributed by atoms with E-state index in [1.807, 2.05) is 0 Å². The second-order valence-corrected chi connectivity index (χ2v) is 8.12. The second kappa shape index (κ2) is 8.53. The van der Waals surface area contributed by atoms with Crippen LogP contribution >= 0.6 is 23.2 Å². The summed E-state index contributed by atoms with van der Waals surface area (Å²) in [6.07, 6.45) is 7.60. The standard InChI is InChI=1S/C20H23Cl2N3O3/c1-20(15-8-7-14(21)11-16(15)22)18(27)25(19(28)24-20)12-17(26)23-10-9-13-5-3-2-4-6-13/h5,7-8,11H,2-4,6,9-10,12H2,1H3,(H,23,26)(H,24,28)/t20-/m1/s1. The first kappa shape index (κ1) is 20.7. The van der Waals surface area contributed by atoms with Gasteiger partial charge in [-0.2, -0.15) is 0 Å². The van der Waals surface area contributed by atoms with Crippen LogP contribution in [-0.2, 0) is 15.1 Å². The summed E-state index contributed by atoms with van der Waals surface area (Å²) < 4.78 is 0. The maximum atomic E-state index is 12.9. The maximum Gasteiger partial charge on any atom is 0.325 e. The van der Waals surface area contributed by atoms with Crippen molar-refractivity contribution in [1.82, 2.24) is 15.5 Å².